The number of hydrogen-bond donors (Lipinski definition) is 0. The summed E-state index contributed by atoms with van der Waals surface area (Å²) in [5, 5.41) is 0. The minimum Gasteiger partial charge on any atom is -0.469 e. The van der Waals surface area contributed by atoms with Crippen LogP contribution in [0, 0.1) is 0 Å². The molecule has 0 unspecified atom stereocenters. The number of rotatable bonds is 11. The van der Waals surface area contributed by atoms with Crippen molar-refractivity contribution in [3.8, 4) is 0 Å². The van der Waals surface area contributed by atoms with Gasteiger partial charge in [-0.3, -0.25) is 9.59 Å². The van der Waals surface area contributed by atoms with Crippen molar-refractivity contribution in [1.82, 2.24) is 0 Å². The summed E-state index contributed by atoms with van der Waals surface area (Å²) in [4.78, 5) is 23.0. The Morgan fingerprint density at radius 2 is 1.91 bits per heavy atom. The minimum atomic E-state index is -0.131. The molecule has 1 rings (SSSR count). The largest absolute Gasteiger partial charge is 0.469 e. The van der Waals surface area contributed by atoms with Gasteiger partial charge in [0.15, 0.2) is 5.78 Å². The summed E-state index contributed by atoms with van der Waals surface area (Å²) in [7, 11) is 1.43. The first kappa shape index (κ1) is 18.7. The van der Waals surface area contributed by atoms with Gasteiger partial charge >= 0.3 is 5.97 Å². The Hall–Kier alpha value is -1.38. The minimum absolute atomic E-state index is 0.131. The molecule has 1 aliphatic rings. The van der Waals surface area contributed by atoms with E-state index in [0.29, 0.717) is 18.6 Å². The summed E-state index contributed by atoms with van der Waals surface area (Å²) in [6.45, 7) is 2.19. The van der Waals surface area contributed by atoms with E-state index >= 15 is 0 Å². The molecule has 0 saturated carbocycles. The number of unbranched alkanes of at least 4 members (excludes halogenated alkanes) is 5. The molecule has 3 nitrogen and oxygen atoms in total. The number of carbonyl (C=O) groups excluding carboxylic acids is 2. The molecular weight excluding hydrogens is 276 g/mol. The molecule has 22 heavy (non-hydrogen) atoms. The van der Waals surface area contributed by atoms with E-state index in [9.17, 15) is 9.59 Å². The summed E-state index contributed by atoms with van der Waals surface area (Å²) in [5.41, 5.74) is 2.32. The van der Waals surface area contributed by atoms with Gasteiger partial charge in [-0.2, -0.15) is 0 Å². The molecule has 0 aliphatic heterocycles. The molecule has 0 N–H and O–H groups in total. The second kappa shape index (κ2) is 11.2. The van der Waals surface area contributed by atoms with Crippen LogP contribution < -0.4 is 0 Å². The van der Waals surface area contributed by atoms with Gasteiger partial charge in [0.05, 0.1) is 7.11 Å². The lowest BCUT2D eigenvalue weighted by Gasteiger charge is -2.04. The van der Waals surface area contributed by atoms with Crippen LogP contribution in [0.5, 0.6) is 0 Å². The summed E-state index contributed by atoms with van der Waals surface area (Å²) >= 11 is 0. The van der Waals surface area contributed by atoms with Gasteiger partial charge in [0.2, 0.25) is 0 Å². The van der Waals surface area contributed by atoms with Crippen LogP contribution in [0.4, 0.5) is 0 Å². The predicted molar refractivity (Wildman–Crippen MR) is 89.7 cm³/mol. The number of esters is 1. The monoisotopic (exact) mass is 306 g/mol. The Kier molecular flexibility index (Phi) is 9.52. The molecule has 0 aromatic carbocycles. The zero-order chi connectivity index (χ0) is 16.2. The summed E-state index contributed by atoms with van der Waals surface area (Å²) in [5.74, 6) is 0.206. The molecule has 124 valence electrons. The smallest absolute Gasteiger partial charge is 0.305 e. The number of ketones is 1. The third-order valence-corrected chi connectivity index (χ3v) is 4.17. The number of Topliss-reactive ketones (excluding diaryl/α,β-unsaturated/α-hetero) is 1. The van der Waals surface area contributed by atoms with E-state index in [2.05, 4.69) is 23.8 Å². The highest BCUT2D eigenvalue weighted by atomic mass is 16.5. The zero-order valence-electron chi connectivity index (χ0n) is 14.2. The second-order valence-electron chi connectivity index (χ2n) is 5.96. The van der Waals surface area contributed by atoms with Crippen molar-refractivity contribution >= 4 is 11.8 Å². The maximum atomic E-state index is 12.0. The van der Waals surface area contributed by atoms with E-state index in [1.165, 1.54) is 25.5 Å². The first-order chi connectivity index (χ1) is 10.7. The lowest BCUT2D eigenvalue weighted by atomic mass is 10.0. The third kappa shape index (κ3) is 7.06. The van der Waals surface area contributed by atoms with Crippen LogP contribution in [0.3, 0.4) is 0 Å². The molecule has 0 spiro atoms. The Morgan fingerprint density at radius 1 is 1.14 bits per heavy atom. The van der Waals surface area contributed by atoms with Gasteiger partial charge < -0.3 is 4.74 Å². The fourth-order valence-electron chi connectivity index (χ4n) is 2.79. The van der Waals surface area contributed by atoms with Crippen molar-refractivity contribution in [1.29, 1.82) is 0 Å². The molecule has 1 aliphatic carbocycles. The molecule has 0 saturated heterocycles. The highest BCUT2D eigenvalue weighted by molar-refractivity contribution is 5.99. The van der Waals surface area contributed by atoms with E-state index in [0.717, 1.165) is 50.5 Å². The van der Waals surface area contributed by atoms with Crippen molar-refractivity contribution < 1.29 is 14.3 Å². The molecule has 3 heteroatoms. The van der Waals surface area contributed by atoms with Crippen LogP contribution in [0.25, 0.3) is 0 Å². The summed E-state index contributed by atoms with van der Waals surface area (Å²) < 4.78 is 4.62. The molecule has 0 aromatic heterocycles. The number of allylic oxidation sites excluding steroid dienone is 4. The zero-order valence-corrected chi connectivity index (χ0v) is 14.2. The molecular formula is C19H30O3. The third-order valence-electron chi connectivity index (χ3n) is 4.17. The number of methoxy groups -OCH3 is 1. The van der Waals surface area contributed by atoms with E-state index < -0.39 is 0 Å². The number of ether oxygens (including phenoxy) is 1. The van der Waals surface area contributed by atoms with E-state index in [4.69, 9.17) is 0 Å². The first-order valence-electron chi connectivity index (χ1n) is 8.67. The van der Waals surface area contributed by atoms with E-state index in [-0.39, 0.29) is 5.97 Å². The molecule has 0 atom stereocenters. The quantitative estimate of drug-likeness (QED) is 0.402. The number of hydrogen-bond acceptors (Lipinski definition) is 3. The topological polar surface area (TPSA) is 43.4 Å². The molecule has 0 radical (unpaired) electrons. The van der Waals surface area contributed by atoms with Crippen LogP contribution in [-0.4, -0.2) is 18.9 Å². The summed E-state index contributed by atoms with van der Waals surface area (Å²) in [6, 6.07) is 0. The van der Waals surface area contributed by atoms with Crippen LogP contribution in [0.2, 0.25) is 0 Å². The lowest BCUT2D eigenvalue weighted by Crippen LogP contribution is -1.99. The average Bonchev–Trinajstić information content (AvgIpc) is 2.87. The van der Waals surface area contributed by atoms with Crippen molar-refractivity contribution in [2.45, 2.75) is 77.6 Å². The second-order valence-corrected chi connectivity index (χ2v) is 5.96. The SMILES string of the molecule is CCCC/C=C/C1=C(CCCCCCC(=O)OC)C(=O)CC1. The molecule has 0 bridgehead atoms. The Labute approximate surface area is 134 Å². The van der Waals surface area contributed by atoms with Gasteiger partial charge in [0, 0.05) is 12.8 Å². The van der Waals surface area contributed by atoms with Crippen molar-refractivity contribution in [2.75, 3.05) is 7.11 Å². The Balaban J connectivity index is 2.29. The first-order valence-corrected chi connectivity index (χ1v) is 8.67. The highest BCUT2D eigenvalue weighted by Gasteiger charge is 2.20. The van der Waals surface area contributed by atoms with Gasteiger partial charge in [0.25, 0.3) is 0 Å². The van der Waals surface area contributed by atoms with Gasteiger partial charge in [-0.25, -0.2) is 0 Å². The van der Waals surface area contributed by atoms with Crippen LogP contribution in [0.15, 0.2) is 23.3 Å². The predicted octanol–water partition coefficient (Wildman–Crippen LogP) is 4.91. The average molecular weight is 306 g/mol. The van der Waals surface area contributed by atoms with Crippen LogP contribution in [0.1, 0.15) is 77.6 Å². The fraction of sp³-hybridized carbons (Fsp3) is 0.684. The standard InChI is InChI=1S/C19H30O3/c1-3-4-5-8-11-16-14-15-18(20)17(16)12-9-6-7-10-13-19(21)22-2/h8,11H,3-7,9-10,12-15H2,1-2H3/b11-8+. The van der Waals surface area contributed by atoms with Crippen molar-refractivity contribution in [3.05, 3.63) is 23.3 Å². The molecule has 0 heterocycles. The maximum absolute atomic E-state index is 12.0. The van der Waals surface area contributed by atoms with Crippen LogP contribution in [-0.2, 0) is 14.3 Å². The Bertz CT molecular complexity index is 418. The van der Waals surface area contributed by atoms with Gasteiger partial charge in [-0.1, -0.05) is 44.8 Å². The molecule has 0 fully saturated rings. The van der Waals surface area contributed by atoms with Gasteiger partial charge in [-0.15, -0.1) is 0 Å². The van der Waals surface area contributed by atoms with E-state index in [1.807, 2.05) is 0 Å². The van der Waals surface area contributed by atoms with E-state index in [1.54, 1.807) is 0 Å². The molecule has 0 aromatic rings. The van der Waals surface area contributed by atoms with Crippen molar-refractivity contribution in [2.24, 2.45) is 0 Å². The van der Waals surface area contributed by atoms with Gasteiger partial charge in [-0.05, 0) is 43.3 Å². The van der Waals surface area contributed by atoms with Crippen molar-refractivity contribution in [3.63, 3.8) is 0 Å². The fourth-order valence-corrected chi connectivity index (χ4v) is 2.79. The Morgan fingerprint density at radius 3 is 2.64 bits per heavy atom. The van der Waals surface area contributed by atoms with Gasteiger partial charge in [0.1, 0.15) is 0 Å². The summed E-state index contributed by atoms with van der Waals surface area (Å²) in [6.07, 6.45) is 14.9. The lowest BCUT2D eigenvalue weighted by molar-refractivity contribution is -0.140. The highest BCUT2D eigenvalue weighted by Crippen LogP contribution is 2.28. The van der Waals surface area contributed by atoms with Crippen LogP contribution >= 0.6 is 0 Å². The maximum Gasteiger partial charge on any atom is 0.305 e. The number of carbonyl (C=O) groups is 2. The normalized spacial score (nSPS) is 15.1. The molecule has 0 amide bonds.